The molecule has 0 aliphatic rings. The molecular weight excluding hydrogens is 284 g/mol. The molecule has 2 aromatic rings. The molecule has 0 saturated heterocycles. The first kappa shape index (κ1) is 15.2. The van der Waals surface area contributed by atoms with Crippen molar-refractivity contribution in [3.63, 3.8) is 0 Å². The van der Waals surface area contributed by atoms with Gasteiger partial charge < -0.3 is 0 Å². The lowest BCUT2D eigenvalue weighted by atomic mass is 10.0. The van der Waals surface area contributed by atoms with E-state index < -0.39 is 23.3 Å². The van der Waals surface area contributed by atoms with Gasteiger partial charge in [0.15, 0.2) is 5.78 Å². The molecule has 0 spiro atoms. The van der Waals surface area contributed by atoms with E-state index in [4.69, 9.17) is 0 Å². The van der Waals surface area contributed by atoms with Crippen LogP contribution in [0.1, 0.15) is 27.9 Å². The first-order valence-electron chi connectivity index (χ1n) is 6.31. The topological polar surface area (TPSA) is 17.1 Å². The molecule has 0 aromatic heterocycles. The van der Waals surface area contributed by atoms with Gasteiger partial charge in [-0.05, 0) is 30.2 Å². The van der Waals surface area contributed by atoms with Crippen molar-refractivity contribution >= 4 is 5.78 Å². The Kier molecular flexibility index (Phi) is 4.40. The second-order valence-electron chi connectivity index (χ2n) is 4.64. The van der Waals surface area contributed by atoms with Gasteiger partial charge in [-0.15, -0.1) is 0 Å². The molecule has 0 aliphatic carbocycles. The van der Waals surface area contributed by atoms with Crippen LogP contribution in [0.5, 0.6) is 0 Å². The zero-order valence-corrected chi connectivity index (χ0v) is 11.0. The van der Waals surface area contributed by atoms with E-state index in [1.54, 1.807) is 0 Å². The average Bonchev–Trinajstić information content (AvgIpc) is 2.44. The van der Waals surface area contributed by atoms with Gasteiger partial charge in [0.2, 0.25) is 0 Å². The van der Waals surface area contributed by atoms with Gasteiger partial charge in [0, 0.05) is 12.0 Å². The van der Waals surface area contributed by atoms with Crippen molar-refractivity contribution in [3.05, 3.63) is 71.0 Å². The molecule has 2 aromatic carbocycles. The van der Waals surface area contributed by atoms with Crippen LogP contribution < -0.4 is 0 Å². The monoisotopic (exact) mass is 296 g/mol. The highest BCUT2D eigenvalue weighted by atomic mass is 19.4. The Hall–Kier alpha value is -2.17. The SMILES string of the molecule is O=C(CCc1ccccc1)c1cc(F)cc(C(F)(F)F)c1. The third-order valence-electron chi connectivity index (χ3n) is 3.03. The molecule has 0 heterocycles. The van der Waals surface area contributed by atoms with Crippen molar-refractivity contribution < 1.29 is 22.4 Å². The number of aryl methyl sites for hydroxylation is 1. The summed E-state index contributed by atoms with van der Waals surface area (Å²) in [5, 5.41) is 0. The van der Waals surface area contributed by atoms with Gasteiger partial charge in [-0.1, -0.05) is 30.3 Å². The summed E-state index contributed by atoms with van der Waals surface area (Å²) in [7, 11) is 0. The standard InChI is InChI=1S/C16H12F4O/c17-14-9-12(8-13(10-14)16(18,19)20)15(21)7-6-11-4-2-1-3-5-11/h1-5,8-10H,6-7H2. The van der Waals surface area contributed by atoms with Crippen LogP contribution in [0.25, 0.3) is 0 Å². The van der Waals surface area contributed by atoms with Crippen molar-refractivity contribution in [2.45, 2.75) is 19.0 Å². The summed E-state index contributed by atoms with van der Waals surface area (Å²) < 4.78 is 51.0. The Bertz CT molecular complexity index is 632. The molecule has 0 amide bonds. The zero-order valence-electron chi connectivity index (χ0n) is 11.0. The molecule has 1 nitrogen and oxygen atoms in total. The Labute approximate surface area is 119 Å². The second-order valence-corrected chi connectivity index (χ2v) is 4.64. The van der Waals surface area contributed by atoms with E-state index in [0.717, 1.165) is 11.6 Å². The molecule has 0 radical (unpaired) electrons. The van der Waals surface area contributed by atoms with Crippen LogP contribution in [-0.2, 0) is 12.6 Å². The van der Waals surface area contributed by atoms with Gasteiger partial charge in [0.1, 0.15) is 5.82 Å². The lowest BCUT2D eigenvalue weighted by Crippen LogP contribution is -2.09. The number of carbonyl (C=O) groups is 1. The summed E-state index contributed by atoms with van der Waals surface area (Å²) in [5.74, 6) is -1.57. The number of rotatable bonds is 4. The predicted octanol–water partition coefficient (Wildman–Crippen LogP) is 4.66. The molecule has 0 unspecified atom stereocenters. The highest BCUT2D eigenvalue weighted by Gasteiger charge is 2.31. The van der Waals surface area contributed by atoms with Crippen molar-refractivity contribution in [3.8, 4) is 0 Å². The number of hydrogen-bond donors (Lipinski definition) is 0. The maximum atomic E-state index is 13.2. The van der Waals surface area contributed by atoms with E-state index in [-0.39, 0.29) is 12.0 Å². The predicted molar refractivity (Wildman–Crippen MR) is 70.5 cm³/mol. The Morgan fingerprint density at radius 3 is 2.29 bits per heavy atom. The van der Waals surface area contributed by atoms with E-state index in [0.29, 0.717) is 18.6 Å². The maximum absolute atomic E-state index is 13.2. The summed E-state index contributed by atoms with van der Waals surface area (Å²) in [4.78, 5) is 11.9. The lowest BCUT2D eigenvalue weighted by molar-refractivity contribution is -0.137. The summed E-state index contributed by atoms with van der Waals surface area (Å²) >= 11 is 0. The molecule has 110 valence electrons. The normalized spacial score (nSPS) is 11.4. The van der Waals surface area contributed by atoms with Crippen LogP contribution in [0.4, 0.5) is 17.6 Å². The van der Waals surface area contributed by atoms with Crippen LogP contribution >= 0.6 is 0 Å². The average molecular weight is 296 g/mol. The number of carbonyl (C=O) groups excluding carboxylic acids is 1. The summed E-state index contributed by atoms with van der Waals surface area (Å²) in [5.41, 5.74) is -0.498. The highest BCUT2D eigenvalue weighted by Crippen LogP contribution is 2.30. The van der Waals surface area contributed by atoms with Crippen LogP contribution in [0.15, 0.2) is 48.5 Å². The second kappa shape index (κ2) is 6.08. The van der Waals surface area contributed by atoms with Gasteiger partial charge in [-0.25, -0.2) is 4.39 Å². The number of halogens is 4. The van der Waals surface area contributed by atoms with Crippen LogP contribution in [0.2, 0.25) is 0 Å². The molecule has 0 saturated carbocycles. The van der Waals surface area contributed by atoms with Crippen LogP contribution in [0, 0.1) is 5.82 Å². The Balaban J connectivity index is 2.14. The van der Waals surface area contributed by atoms with E-state index in [1.807, 2.05) is 30.3 Å². The minimum absolute atomic E-state index is 0.0325. The fourth-order valence-electron chi connectivity index (χ4n) is 1.96. The van der Waals surface area contributed by atoms with Crippen molar-refractivity contribution in [1.29, 1.82) is 0 Å². The van der Waals surface area contributed by atoms with E-state index in [9.17, 15) is 22.4 Å². The third-order valence-corrected chi connectivity index (χ3v) is 3.03. The maximum Gasteiger partial charge on any atom is 0.416 e. The minimum atomic E-state index is -4.67. The number of hydrogen-bond acceptors (Lipinski definition) is 1. The largest absolute Gasteiger partial charge is 0.416 e. The number of alkyl halides is 3. The summed E-state index contributed by atoms with van der Waals surface area (Å²) in [6.45, 7) is 0. The van der Waals surface area contributed by atoms with Gasteiger partial charge in [-0.2, -0.15) is 13.2 Å². The Morgan fingerprint density at radius 1 is 1.00 bits per heavy atom. The third kappa shape index (κ3) is 4.15. The summed E-state index contributed by atoms with van der Waals surface area (Å²) in [6, 6.07) is 11.0. The first-order chi connectivity index (χ1) is 9.86. The van der Waals surface area contributed by atoms with Gasteiger partial charge >= 0.3 is 6.18 Å². The number of Topliss-reactive ketones (excluding diaryl/α,β-unsaturated/α-hetero) is 1. The van der Waals surface area contributed by atoms with Crippen molar-refractivity contribution in [2.24, 2.45) is 0 Å². The van der Waals surface area contributed by atoms with Crippen LogP contribution in [-0.4, -0.2) is 5.78 Å². The number of ketones is 1. The lowest BCUT2D eigenvalue weighted by Gasteiger charge is -2.09. The van der Waals surface area contributed by atoms with Crippen LogP contribution in [0.3, 0.4) is 0 Å². The molecule has 0 N–H and O–H groups in total. The molecule has 21 heavy (non-hydrogen) atoms. The molecule has 5 heteroatoms. The fraction of sp³-hybridized carbons (Fsp3) is 0.188. The molecule has 0 aliphatic heterocycles. The molecular formula is C16H12F4O. The quantitative estimate of drug-likeness (QED) is 0.592. The minimum Gasteiger partial charge on any atom is -0.294 e. The smallest absolute Gasteiger partial charge is 0.294 e. The zero-order chi connectivity index (χ0) is 15.5. The van der Waals surface area contributed by atoms with E-state index >= 15 is 0 Å². The van der Waals surface area contributed by atoms with Gasteiger partial charge in [0.05, 0.1) is 5.56 Å². The number of benzene rings is 2. The molecule has 0 bridgehead atoms. The van der Waals surface area contributed by atoms with E-state index in [1.165, 1.54) is 0 Å². The molecule has 2 rings (SSSR count). The summed E-state index contributed by atoms with van der Waals surface area (Å²) in [6.07, 6.45) is -4.24. The molecule has 0 fully saturated rings. The Morgan fingerprint density at radius 2 is 1.67 bits per heavy atom. The van der Waals surface area contributed by atoms with Gasteiger partial charge in [-0.3, -0.25) is 4.79 Å². The van der Waals surface area contributed by atoms with Gasteiger partial charge in [0.25, 0.3) is 0 Å². The fourth-order valence-corrected chi connectivity index (χ4v) is 1.96. The van der Waals surface area contributed by atoms with Crippen molar-refractivity contribution in [2.75, 3.05) is 0 Å². The highest BCUT2D eigenvalue weighted by molar-refractivity contribution is 5.96. The molecule has 0 atom stereocenters. The van der Waals surface area contributed by atoms with E-state index in [2.05, 4.69) is 0 Å². The van der Waals surface area contributed by atoms with Crippen molar-refractivity contribution in [1.82, 2.24) is 0 Å². The first-order valence-corrected chi connectivity index (χ1v) is 6.31.